The first-order chi connectivity index (χ1) is 17.1. The molecule has 13 heteroatoms. The lowest BCUT2D eigenvalue weighted by Crippen LogP contribution is -2.28. The highest BCUT2D eigenvalue weighted by atomic mass is 35.5. The number of ether oxygens (including phenoxy) is 3. The third-order valence-electron chi connectivity index (χ3n) is 4.47. The molecule has 0 bridgehead atoms. The number of carbonyl (C=O) groups excluding carboxylic acids is 3. The van der Waals surface area contributed by atoms with Crippen molar-refractivity contribution in [1.29, 1.82) is 0 Å². The lowest BCUT2D eigenvalue weighted by molar-refractivity contribution is 0.0592. The molecule has 0 atom stereocenters. The number of fused-ring (bicyclic) bond motifs is 1. The van der Waals surface area contributed by atoms with Crippen molar-refractivity contribution in [2.24, 2.45) is 0 Å². The first-order valence-electron chi connectivity index (χ1n) is 11.1. The Hall–Kier alpha value is -3.93. The molecule has 0 fully saturated rings. The fourth-order valence-corrected chi connectivity index (χ4v) is 3.37. The maximum atomic E-state index is 15.4. The summed E-state index contributed by atoms with van der Waals surface area (Å²) >= 11 is 6.02. The van der Waals surface area contributed by atoms with Gasteiger partial charge in [0.2, 0.25) is 0 Å². The van der Waals surface area contributed by atoms with Crippen LogP contribution in [-0.2, 0) is 14.2 Å². The van der Waals surface area contributed by atoms with Gasteiger partial charge in [0.25, 0.3) is 5.95 Å². The van der Waals surface area contributed by atoms with Crippen molar-refractivity contribution in [3.63, 3.8) is 0 Å². The summed E-state index contributed by atoms with van der Waals surface area (Å²) in [5.41, 5.74) is -1.69. The molecule has 0 saturated heterocycles. The van der Waals surface area contributed by atoms with E-state index in [1.165, 1.54) is 28.8 Å². The first-order valence-corrected chi connectivity index (χ1v) is 11.4. The topological polar surface area (TPSA) is 133 Å². The molecule has 3 rings (SSSR count). The van der Waals surface area contributed by atoms with Gasteiger partial charge in [0.05, 0.1) is 12.1 Å². The van der Waals surface area contributed by atoms with Crippen LogP contribution in [0, 0.1) is 5.82 Å². The molecule has 2 amide bonds. The molecule has 0 spiro atoms. The van der Waals surface area contributed by atoms with Crippen LogP contribution in [-0.4, -0.2) is 51.1 Å². The zero-order valence-electron chi connectivity index (χ0n) is 21.4. The average Bonchev–Trinajstić information content (AvgIpc) is 3.13. The van der Waals surface area contributed by atoms with Gasteiger partial charge in [-0.1, -0.05) is 11.6 Å². The van der Waals surface area contributed by atoms with Crippen LogP contribution < -0.4 is 10.6 Å². The second kappa shape index (κ2) is 10.2. The Balaban J connectivity index is 2.13. The minimum atomic E-state index is -0.955. The predicted octanol–water partition coefficient (Wildman–Crippen LogP) is 5.67. The van der Waals surface area contributed by atoms with Gasteiger partial charge in [0.1, 0.15) is 28.4 Å². The molecule has 2 aromatic heterocycles. The molecule has 0 aliphatic carbocycles. The van der Waals surface area contributed by atoms with Crippen LogP contribution in [0.25, 0.3) is 16.8 Å². The van der Waals surface area contributed by atoms with E-state index in [9.17, 15) is 14.4 Å². The van der Waals surface area contributed by atoms with Crippen molar-refractivity contribution in [2.75, 3.05) is 17.7 Å². The van der Waals surface area contributed by atoms with E-state index in [0.29, 0.717) is 0 Å². The molecule has 2 N–H and O–H groups in total. The molecule has 11 nitrogen and oxygen atoms in total. The van der Waals surface area contributed by atoms with Gasteiger partial charge in [0.15, 0.2) is 5.65 Å². The molecule has 0 saturated carbocycles. The number of benzene rings is 1. The number of esters is 1. The number of pyridine rings is 1. The number of nitrogens with one attached hydrogen (secondary N) is 2. The normalized spacial score (nSPS) is 11.7. The summed E-state index contributed by atoms with van der Waals surface area (Å²) in [6, 6.07) is 5.55. The molecule has 0 radical (unpaired) electrons. The van der Waals surface area contributed by atoms with Crippen molar-refractivity contribution < 1.29 is 33.0 Å². The average molecular weight is 536 g/mol. The van der Waals surface area contributed by atoms with E-state index in [1.54, 1.807) is 41.5 Å². The highest BCUT2D eigenvalue weighted by molar-refractivity contribution is 6.33. The van der Waals surface area contributed by atoms with E-state index >= 15 is 4.39 Å². The molecule has 1 aromatic carbocycles. The number of anilines is 2. The van der Waals surface area contributed by atoms with Crippen LogP contribution in [0.4, 0.5) is 25.7 Å². The summed E-state index contributed by atoms with van der Waals surface area (Å²) in [4.78, 5) is 41.1. The lowest BCUT2D eigenvalue weighted by Gasteiger charge is -2.20. The third-order valence-corrected chi connectivity index (χ3v) is 4.79. The van der Waals surface area contributed by atoms with Gasteiger partial charge in [0, 0.05) is 5.56 Å². The largest absolute Gasteiger partial charge is 0.465 e. The number of halogens is 2. The van der Waals surface area contributed by atoms with Crippen molar-refractivity contribution in [3.8, 4) is 11.1 Å². The zero-order chi connectivity index (χ0) is 27.7. The maximum absolute atomic E-state index is 15.4. The first kappa shape index (κ1) is 27.7. The van der Waals surface area contributed by atoms with Crippen LogP contribution in [0.15, 0.2) is 24.3 Å². The monoisotopic (exact) mass is 535 g/mol. The van der Waals surface area contributed by atoms with Crippen LogP contribution in [0.1, 0.15) is 51.9 Å². The Morgan fingerprint density at radius 3 is 2.14 bits per heavy atom. The molecular formula is C24H27ClFN5O6. The Bertz CT molecular complexity index is 1380. The molecular weight excluding hydrogens is 509 g/mol. The summed E-state index contributed by atoms with van der Waals surface area (Å²) in [6.45, 7) is 10.2. The maximum Gasteiger partial charge on any atom is 0.414 e. The Morgan fingerprint density at radius 2 is 1.57 bits per heavy atom. The fourth-order valence-electron chi connectivity index (χ4n) is 3.15. The highest BCUT2D eigenvalue weighted by Crippen LogP contribution is 2.32. The Labute approximate surface area is 217 Å². The molecule has 0 aliphatic heterocycles. The molecule has 0 aliphatic rings. The van der Waals surface area contributed by atoms with E-state index in [-0.39, 0.29) is 33.6 Å². The summed E-state index contributed by atoms with van der Waals surface area (Å²) in [5, 5.41) is 9.03. The summed E-state index contributed by atoms with van der Waals surface area (Å²) in [5.74, 6) is -1.98. The van der Waals surface area contributed by atoms with Crippen molar-refractivity contribution >= 4 is 47.2 Å². The van der Waals surface area contributed by atoms with E-state index in [4.69, 9.17) is 21.1 Å². The Morgan fingerprint density at radius 1 is 0.973 bits per heavy atom. The van der Waals surface area contributed by atoms with Crippen molar-refractivity contribution in [1.82, 2.24) is 14.6 Å². The summed E-state index contributed by atoms with van der Waals surface area (Å²) in [7, 11) is 1.11. The lowest BCUT2D eigenvalue weighted by atomic mass is 10.0. The van der Waals surface area contributed by atoms with Gasteiger partial charge in [-0.2, -0.15) is 9.50 Å². The van der Waals surface area contributed by atoms with E-state index < -0.39 is 40.7 Å². The van der Waals surface area contributed by atoms with Gasteiger partial charge >= 0.3 is 18.2 Å². The van der Waals surface area contributed by atoms with Gasteiger partial charge in [-0.25, -0.2) is 18.8 Å². The van der Waals surface area contributed by atoms with Gasteiger partial charge in [-0.15, -0.1) is 5.10 Å². The van der Waals surface area contributed by atoms with Crippen LogP contribution in [0.5, 0.6) is 0 Å². The van der Waals surface area contributed by atoms with E-state index in [1.807, 2.05) is 0 Å². The minimum absolute atomic E-state index is 0.0239. The quantitative estimate of drug-likeness (QED) is 0.322. The fraction of sp³-hybridized carbons (Fsp3) is 0.375. The van der Waals surface area contributed by atoms with Gasteiger partial charge in [-0.3, -0.25) is 10.6 Å². The number of aromatic nitrogens is 3. The second-order valence-corrected chi connectivity index (χ2v) is 10.3. The molecule has 2 heterocycles. The van der Waals surface area contributed by atoms with Crippen molar-refractivity contribution in [3.05, 3.63) is 40.7 Å². The van der Waals surface area contributed by atoms with Crippen LogP contribution >= 0.6 is 11.6 Å². The Kier molecular flexibility index (Phi) is 7.63. The minimum Gasteiger partial charge on any atom is -0.465 e. The van der Waals surface area contributed by atoms with Gasteiger partial charge in [-0.05, 0) is 71.4 Å². The number of hydrogen-bond acceptors (Lipinski definition) is 8. The van der Waals surface area contributed by atoms with E-state index in [2.05, 4.69) is 25.5 Å². The number of nitrogens with zero attached hydrogens (tertiary/aromatic N) is 3. The summed E-state index contributed by atoms with van der Waals surface area (Å²) in [6.07, 6.45) is -1.60. The van der Waals surface area contributed by atoms with Crippen LogP contribution in [0.2, 0.25) is 5.02 Å². The smallest absolute Gasteiger partial charge is 0.414 e. The number of amides is 2. The number of methoxy groups -OCH3 is 1. The zero-order valence-corrected chi connectivity index (χ0v) is 22.1. The van der Waals surface area contributed by atoms with E-state index in [0.717, 1.165) is 7.11 Å². The standard InChI is InChI=1S/C24H27ClFN5O6/c1-23(2,3)36-21(33)28-16-11-12(13-8-9-14(25)17(18(13)26)19(32)35-7)10-15-27-20(30-31(15)16)29-22(34)37-24(4,5)6/h8-11H,1-7H3,(H,28,33)(H,29,30,34). The molecule has 3 aromatic rings. The number of carbonyl (C=O) groups is 3. The number of hydrogen-bond donors (Lipinski definition) is 2. The number of rotatable bonds is 4. The third kappa shape index (κ3) is 6.85. The molecule has 37 heavy (non-hydrogen) atoms. The van der Waals surface area contributed by atoms with Crippen molar-refractivity contribution in [2.45, 2.75) is 52.7 Å². The molecule has 0 unspecified atom stereocenters. The van der Waals surface area contributed by atoms with Gasteiger partial charge < -0.3 is 14.2 Å². The summed E-state index contributed by atoms with van der Waals surface area (Å²) < 4.78 is 31.8. The predicted molar refractivity (Wildman–Crippen MR) is 134 cm³/mol. The highest BCUT2D eigenvalue weighted by Gasteiger charge is 2.24. The second-order valence-electron chi connectivity index (χ2n) is 9.86. The van der Waals surface area contributed by atoms with Crippen LogP contribution in [0.3, 0.4) is 0 Å². The SMILES string of the molecule is COC(=O)c1c(Cl)ccc(-c2cc(NC(=O)OC(C)(C)C)n3nc(NC(=O)OC(C)(C)C)nc3c2)c1F. The molecule has 198 valence electrons.